The number of aromatic nitrogens is 1. The van der Waals surface area contributed by atoms with Crippen LogP contribution in [0.2, 0.25) is 0 Å². The van der Waals surface area contributed by atoms with Crippen molar-refractivity contribution in [1.29, 1.82) is 0 Å². The zero-order valence-corrected chi connectivity index (χ0v) is 16.0. The van der Waals surface area contributed by atoms with Gasteiger partial charge in [0.1, 0.15) is 10.8 Å². The molecule has 0 bridgehead atoms. The van der Waals surface area contributed by atoms with Crippen LogP contribution in [0.1, 0.15) is 16.8 Å². The first-order valence-electron chi connectivity index (χ1n) is 8.61. The zero-order chi connectivity index (χ0) is 19.4. The number of fused-ring (bicyclic) bond motifs is 1. The van der Waals surface area contributed by atoms with E-state index >= 15 is 0 Å². The molecule has 1 aliphatic heterocycles. The Labute approximate surface area is 161 Å². The molecule has 1 aromatic heterocycles. The van der Waals surface area contributed by atoms with Crippen LogP contribution in [0.25, 0.3) is 0 Å². The summed E-state index contributed by atoms with van der Waals surface area (Å²) in [7, 11) is 0. The predicted octanol–water partition coefficient (Wildman–Crippen LogP) is 2.78. The zero-order valence-electron chi connectivity index (χ0n) is 15.2. The molecule has 8 heteroatoms. The summed E-state index contributed by atoms with van der Waals surface area (Å²) in [5.74, 6) is 0.128. The first kappa shape index (κ1) is 19.2. The number of aryl methyl sites for hydroxylation is 2. The van der Waals surface area contributed by atoms with E-state index in [0.29, 0.717) is 6.54 Å². The number of amides is 3. The molecule has 6 nitrogen and oxygen atoms in total. The molecule has 0 atom stereocenters. The Morgan fingerprint density at radius 3 is 2.70 bits per heavy atom. The van der Waals surface area contributed by atoms with Gasteiger partial charge in [-0.15, -0.1) is 11.8 Å². The van der Waals surface area contributed by atoms with Crippen LogP contribution < -0.4 is 15.5 Å². The third-order valence-corrected chi connectivity index (χ3v) is 5.10. The Hall–Kier alpha value is -2.61. The molecule has 3 rings (SSSR count). The third-order valence-electron chi connectivity index (χ3n) is 4.15. The molecule has 0 radical (unpaired) electrons. The van der Waals surface area contributed by atoms with E-state index in [-0.39, 0.29) is 30.8 Å². The number of urea groups is 1. The van der Waals surface area contributed by atoms with Gasteiger partial charge in [-0.25, -0.2) is 14.2 Å². The van der Waals surface area contributed by atoms with Crippen LogP contribution in [0.5, 0.6) is 0 Å². The molecule has 2 heterocycles. The average Bonchev–Trinajstić information content (AvgIpc) is 2.64. The second-order valence-electron chi connectivity index (χ2n) is 6.30. The van der Waals surface area contributed by atoms with Gasteiger partial charge in [-0.3, -0.25) is 9.69 Å². The summed E-state index contributed by atoms with van der Waals surface area (Å²) in [6.45, 7) is 4.59. The standard InChI is InChI=1S/C19H21FN4O2S/c1-12-9-13(2)23-18-17(12)24(7-8-27-18)19(26)22-11-16(25)21-10-14-3-5-15(20)6-4-14/h3-6,9H,7-8,10-11H2,1-2H3,(H,21,25)(H,22,26). The second kappa shape index (κ2) is 8.39. The second-order valence-corrected chi connectivity index (χ2v) is 7.38. The van der Waals surface area contributed by atoms with Gasteiger partial charge in [-0.05, 0) is 43.2 Å². The van der Waals surface area contributed by atoms with E-state index in [4.69, 9.17) is 0 Å². The quantitative estimate of drug-likeness (QED) is 0.845. The lowest BCUT2D eigenvalue weighted by Gasteiger charge is -2.30. The van der Waals surface area contributed by atoms with Crippen LogP contribution in [0.4, 0.5) is 14.9 Å². The summed E-state index contributed by atoms with van der Waals surface area (Å²) in [6.07, 6.45) is 0. The van der Waals surface area contributed by atoms with Crippen LogP contribution in [0.15, 0.2) is 35.4 Å². The molecule has 2 N–H and O–H groups in total. The molecule has 0 unspecified atom stereocenters. The molecule has 1 aliphatic rings. The number of benzene rings is 1. The SMILES string of the molecule is Cc1cc(C)c2c(n1)SCCN2C(=O)NCC(=O)NCc1ccc(F)cc1. The van der Waals surface area contributed by atoms with Crippen molar-refractivity contribution in [2.24, 2.45) is 0 Å². The van der Waals surface area contributed by atoms with Gasteiger partial charge in [0.15, 0.2) is 0 Å². The van der Waals surface area contributed by atoms with Crippen molar-refractivity contribution in [2.45, 2.75) is 25.4 Å². The number of rotatable bonds is 4. The van der Waals surface area contributed by atoms with Gasteiger partial charge in [0, 0.05) is 24.5 Å². The fourth-order valence-electron chi connectivity index (χ4n) is 2.89. The lowest BCUT2D eigenvalue weighted by Crippen LogP contribution is -2.46. The van der Waals surface area contributed by atoms with E-state index in [9.17, 15) is 14.0 Å². The molecule has 0 spiro atoms. The summed E-state index contributed by atoms with van der Waals surface area (Å²) in [6, 6.07) is 7.52. The molecule has 0 fully saturated rings. The van der Waals surface area contributed by atoms with E-state index in [2.05, 4.69) is 15.6 Å². The number of pyridine rings is 1. The molecular weight excluding hydrogens is 367 g/mol. The third kappa shape index (κ3) is 4.77. The van der Waals surface area contributed by atoms with Crippen LogP contribution in [0.3, 0.4) is 0 Å². The predicted molar refractivity (Wildman–Crippen MR) is 103 cm³/mol. The molecule has 0 saturated carbocycles. The number of hydrogen-bond acceptors (Lipinski definition) is 4. The van der Waals surface area contributed by atoms with E-state index in [1.807, 2.05) is 19.9 Å². The first-order valence-corrected chi connectivity index (χ1v) is 9.60. The molecule has 0 aliphatic carbocycles. The summed E-state index contributed by atoms with van der Waals surface area (Å²) >= 11 is 1.63. The Balaban J connectivity index is 1.55. The van der Waals surface area contributed by atoms with Gasteiger partial charge in [0.25, 0.3) is 0 Å². The smallest absolute Gasteiger partial charge is 0.322 e. The summed E-state index contributed by atoms with van der Waals surface area (Å²) in [4.78, 5) is 30.7. The number of halogens is 1. The summed E-state index contributed by atoms with van der Waals surface area (Å²) < 4.78 is 12.9. The first-order chi connectivity index (χ1) is 12.9. The maximum Gasteiger partial charge on any atom is 0.322 e. The van der Waals surface area contributed by atoms with Crippen molar-refractivity contribution in [3.63, 3.8) is 0 Å². The lowest BCUT2D eigenvalue weighted by molar-refractivity contribution is -0.120. The van der Waals surface area contributed by atoms with Crippen molar-refractivity contribution in [3.8, 4) is 0 Å². The highest BCUT2D eigenvalue weighted by Crippen LogP contribution is 2.36. The molecule has 3 amide bonds. The lowest BCUT2D eigenvalue weighted by atomic mass is 10.2. The largest absolute Gasteiger partial charge is 0.350 e. The minimum absolute atomic E-state index is 0.128. The fraction of sp³-hybridized carbons (Fsp3) is 0.316. The Morgan fingerprint density at radius 1 is 1.22 bits per heavy atom. The van der Waals surface area contributed by atoms with Crippen LogP contribution in [0, 0.1) is 19.7 Å². The minimum Gasteiger partial charge on any atom is -0.350 e. The Morgan fingerprint density at radius 2 is 1.96 bits per heavy atom. The molecule has 0 saturated heterocycles. The van der Waals surface area contributed by atoms with Crippen LogP contribution in [-0.4, -0.2) is 35.8 Å². The van der Waals surface area contributed by atoms with Crippen LogP contribution in [-0.2, 0) is 11.3 Å². The molecule has 2 aromatic rings. The van der Waals surface area contributed by atoms with Crippen molar-refractivity contribution in [2.75, 3.05) is 23.7 Å². The van der Waals surface area contributed by atoms with Crippen molar-refractivity contribution >= 4 is 29.4 Å². The topological polar surface area (TPSA) is 74.3 Å². The highest BCUT2D eigenvalue weighted by molar-refractivity contribution is 7.99. The van der Waals surface area contributed by atoms with Gasteiger partial charge in [0.2, 0.25) is 5.91 Å². The van der Waals surface area contributed by atoms with E-state index in [1.54, 1.807) is 28.8 Å². The Bertz CT molecular complexity index is 858. The highest BCUT2D eigenvalue weighted by Gasteiger charge is 2.26. The van der Waals surface area contributed by atoms with Gasteiger partial charge in [-0.1, -0.05) is 12.1 Å². The highest BCUT2D eigenvalue weighted by atomic mass is 32.2. The van der Waals surface area contributed by atoms with E-state index in [1.165, 1.54) is 12.1 Å². The normalized spacial score (nSPS) is 13.1. The van der Waals surface area contributed by atoms with Gasteiger partial charge >= 0.3 is 6.03 Å². The number of thioether (sulfide) groups is 1. The van der Waals surface area contributed by atoms with Gasteiger partial charge in [0.05, 0.1) is 12.2 Å². The number of nitrogens with one attached hydrogen (secondary N) is 2. The number of nitrogens with zero attached hydrogens (tertiary/aromatic N) is 2. The fourth-order valence-corrected chi connectivity index (χ4v) is 3.97. The van der Waals surface area contributed by atoms with Crippen LogP contribution >= 0.6 is 11.8 Å². The molecule has 1 aromatic carbocycles. The average molecular weight is 388 g/mol. The Kier molecular flexibility index (Phi) is 5.95. The number of carbonyl (C=O) groups is 2. The van der Waals surface area contributed by atoms with Gasteiger partial charge in [-0.2, -0.15) is 0 Å². The molecular formula is C19H21FN4O2S. The van der Waals surface area contributed by atoms with Gasteiger partial charge < -0.3 is 10.6 Å². The number of carbonyl (C=O) groups excluding carboxylic acids is 2. The number of hydrogen-bond donors (Lipinski definition) is 2. The number of anilines is 1. The molecule has 142 valence electrons. The summed E-state index contributed by atoms with van der Waals surface area (Å²) in [5, 5.41) is 6.20. The monoisotopic (exact) mass is 388 g/mol. The minimum atomic E-state index is -0.322. The van der Waals surface area contributed by atoms with E-state index in [0.717, 1.165) is 33.3 Å². The van der Waals surface area contributed by atoms with Crippen molar-refractivity contribution in [1.82, 2.24) is 15.6 Å². The van der Waals surface area contributed by atoms with Crippen molar-refractivity contribution < 1.29 is 14.0 Å². The maximum atomic E-state index is 12.9. The maximum absolute atomic E-state index is 12.9. The van der Waals surface area contributed by atoms with Crippen molar-refractivity contribution in [3.05, 3.63) is 53.0 Å². The van der Waals surface area contributed by atoms with E-state index < -0.39 is 0 Å². The molecule has 27 heavy (non-hydrogen) atoms. The summed E-state index contributed by atoms with van der Waals surface area (Å²) in [5.41, 5.74) is 3.50.